The van der Waals surface area contributed by atoms with E-state index in [-0.39, 0.29) is 28.5 Å². The van der Waals surface area contributed by atoms with E-state index in [1.165, 1.54) is 35.5 Å². The van der Waals surface area contributed by atoms with Gasteiger partial charge in [-0.1, -0.05) is 11.6 Å². The van der Waals surface area contributed by atoms with Crippen molar-refractivity contribution >= 4 is 34.6 Å². The predicted octanol–water partition coefficient (Wildman–Crippen LogP) is 4.54. The van der Waals surface area contributed by atoms with Crippen LogP contribution in [0.5, 0.6) is 0 Å². The summed E-state index contributed by atoms with van der Waals surface area (Å²) in [7, 11) is 1.78. The Hall–Kier alpha value is -3.54. The van der Waals surface area contributed by atoms with Crippen LogP contribution in [0.1, 0.15) is 45.6 Å². The Labute approximate surface area is 217 Å². The van der Waals surface area contributed by atoms with Gasteiger partial charge in [0.1, 0.15) is 0 Å². The van der Waals surface area contributed by atoms with Crippen LogP contribution in [0.25, 0.3) is 5.70 Å². The maximum atomic E-state index is 13.5. The summed E-state index contributed by atoms with van der Waals surface area (Å²) in [5, 5.41) is 11.3. The van der Waals surface area contributed by atoms with E-state index in [2.05, 4.69) is 15.7 Å². The van der Waals surface area contributed by atoms with E-state index in [1.807, 2.05) is 6.92 Å². The van der Waals surface area contributed by atoms with Crippen molar-refractivity contribution < 1.29 is 18.0 Å². The summed E-state index contributed by atoms with van der Waals surface area (Å²) >= 11 is 6.31. The number of amides is 1. The molecule has 3 aromatic rings. The Balaban J connectivity index is 1.56. The van der Waals surface area contributed by atoms with Crippen molar-refractivity contribution in [2.45, 2.75) is 38.5 Å². The van der Waals surface area contributed by atoms with Crippen molar-refractivity contribution in [3.8, 4) is 0 Å². The highest BCUT2D eigenvalue weighted by molar-refractivity contribution is 6.33. The number of anilines is 2. The SMILES string of the molecule is Cc1c(/C(N)=C/N(N)c2cc(C(=O)Nc3cc(CNC4CC4)cc(C(F)(F)F)c3)ccc2Cl)cnn1C. The van der Waals surface area contributed by atoms with Crippen LogP contribution in [0.3, 0.4) is 0 Å². The fourth-order valence-electron chi connectivity index (χ4n) is 3.71. The summed E-state index contributed by atoms with van der Waals surface area (Å²) < 4.78 is 42.1. The molecule has 0 radical (unpaired) electrons. The number of rotatable bonds is 8. The lowest BCUT2D eigenvalue weighted by molar-refractivity contribution is -0.137. The third kappa shape index (κ3) is 6.43. The van der Waals surface area contributed by atoms with Gasteiger partial charge < -0.3 is 16.4 Å². The third-order valence-electron chi connectivity index (χ3n) is 6.06. The Bertz CT molecular complexity index is 1350. The van der Waals surface area contributed by atoms with Crippen LogP contribution in [0.4, 0.5) is 24.5 Å². The van der Waals surface area contributed by atoms with Crippen molar-refractivity contribution in [3.05, 3.63) is 81.8 Å². The maximum Gasteiger partial charge on any atom is 0.416 e. The number of aryl methyl sites for hydroxylation is 1. The minimum Gasteiger partial charge on any atom is -0.397 e. The average molecular weight is 534 g/mol. The average Bonchev–Trinajstić information content (AvgIpc) is 3.60. The molecule has 0 saturated heterocycles. The van der Waals surface area contributed by atoms with Crippen LogP contribution in [0.2, 0.25) is 5.02 Å². The fourth-order valence-corrected chi connectivity index (χ4v) is 3.92. The Morgan fingerprint density at radius 1 is 1.27 bits per heavy atom. The second-order valence-corrected chi connectivity index (χ2v) is 9.36. The topological polar surface area (TPSA) is 114 Å². The molecule has 1 aliphatic carbocycles. The first-order valence-corrected chi connectivity index (χ1v) is 11.9. The smallest absolute Gasteiger partial charge is 0.397 e. The van der Waals surface area contributed by atoms with E-state index in [4.69, 9.17) is 23.2 Å². The van der Waals surface area contributed by atoms with Crippen molar-refractivity contribution in [2.75, 3.05) is 10.3 Å². The molecular weight excluding hydrogens is 507 g/mol. The Kier molecular flexibility index (Phi) is 7.49. The minimum atomic E-state index is -4.55. The number of benzene rings is 2. The number of halogens is 4. The van der Waals surface area contributed by atoms with Gasteiger partial charge in [0.25, 0.3) is 5.91 Å². The van der Waals surface area contributed by atoms with Crippen molar-refractivity contribution in [3.63, 3.8) is 0 Å². The van der Waals surface area contributed by atoms with E-state index < -0.39 is 17.6 Å². The van der Waals surface area contributed by atoms with Gasteiger partial charge in [0.05, 0.1) is 28.2 Å². The lowest BCUT2D eigenvalue weighted by atomic mass is 10.1. The number of aromatic nitrogens is 2. The lowest BCUT2D eigenvalue weighted by Crippen LogP contribution is -2.26. The molecule has 6 N–H and O–H groups in total. The highest BCUT2D eigenvalue weighted by Gasteiger charge is 2.31. The first-order chi connectivity index (χ1) is 17.4. The lowest BCUT2D eigenvalue weighted by Gasteiger charge is -2.18. The molecule has 2 aromatic carbocycles. The van der Waals surface area contributed by atoms with Gasteiger partial charge in [0, 0.05) is 48.3 Å². The largest absolute Gasteiger partial charge is 0.416 e. The molecule has 1 amide bonds. The molecule has 0 atom stereocenters. The Morgan fingerprint density at radius 3 is 2.62 bits per heavy atom. The van der Waals surface area contributed by atoms with Crippen molar-refractivity contribution in [1.82, 2.24) is 15.1 Å². The summed E-state index contributed by atoms with van der Waals surface area (Å²) in [5.41, 5.74) is 8.05. The molecule has 8 nitrogen and oxygen atoms in total. The quantitative estimate of drug-likeness (QED) is 0.250. The van der Waals surface area contributed by atoms with Crippen molar-refractivity contribution in [2.24, 2.45) is 18.6 Å². The minimum absolute atomic E-state index is 0.0321. The zero-order valence-corrected chi connectivity index (χ0v) is 21.0. The molecular formula is C25H27ClF3N7O. The number of hydrogen-bond donors (Lipinski definition) is 4. The number of nitrogens with one attached hydrogen (secondary N) is 2. The second-order valence-electron chi connectivity index (χ2n) is 8.95. The van der Waals surface area contributed by atoms with E-state index in [0.717, 1.165) is 30.7 Å². The summed E-state index contributed by atoms with van der Waals surface area (Å²) in [6.07, 6.45) is 0.495. The number of nitrogens with zero attached hydrogens (tertiary/aromatic N) is 3. The summed E-state index contributed by atoms with van der Waals surface area (Å²) in [5.74, 6) is 5.55. The molecule has 1 saturated carbocycles. The van der Waals surface area contributed by atoms with Gasteiger partial charge in [-0.25, -0.2) is 5.84 Å². The van der Waals surface area contributed by atoms with Gasteiger partial charge in [-0.2, -0.15) is 18.3 Å². The highest BCUT2D eigenvalue weighted by Crippen LogP contribution is 2.33. The second kappa shape index (κ2) is 10.4. The van der Waals surface area contributed by atoms with E-state index in [0.29, 0.717) is 22.9 Å². The van der Waals surface area contributed by atoms with Crippen LogP contribution in [0.15, 0.2) is 48.8 Å². The molecule has 0 unspecified atom stereocenters. The first-order valence-electron chi connectivity index (χ1n) is 11.5. The molecule has 0 bridgehead atoms. The number of nitrogens with two attached hydrogens (primary N) is 2. The van der Waals surface area contributed by atoms with Gasteiger partial charge in [-0.3, -0.25) is 14.5 Å². The van der Waals surface area contributed by atoms with Gasteiger partial charge in [-0.15, -0.1) is 0 Å². The third-order valence-corrected chi connectivity index (χ3v) is 6.38. The monoisotopic (exact) mass is 533 g/mol. The number of alkyl halides is 3. The molecule has 0 aliphatic heterocycles. The van der Waals surface area contributed by atoms with Crippen LogP contribution < -0.4 is 27.2 Å². The molecule has 1 heterocycles. The molecule has 0 spiro atoms. The predicted molar refractivity (Wildman–Crippen MR) is 137 cm³/mol. The number of carbonyl (C=O) groups excluding carboxylic acids is 1. The molecule has 1 aromatic heterocycles. The van der Waals surface area contributed by atoms with Gasteiger partial charge in [0.2, 0.25) is 0 Å². The molecule has 196 valence electrons. The summed E-state index contributed by atoms with van der Waals surface area (Å²) in [4.78, 5) is 13.0. The number of hydrogen-bond acceptors (Lipinski definition) is 6. The van der Waals surface area contributed by atoms with Crippen LogP contribution in [0, 0.1) is 6.92 Å². The van der Waals surface area contributed by atoms with E-state index >= 15 is 0 Å². The molecule has 4 rings (SSSR count). The maximum absolute atomic E-state index is 13.5. The van der Waals surface area contributed by atoms with E-state index in [1.54, 1.807) is 17.9 Å². The van der Waals surface area contributed by atoms with Crippen molar-refractivity contribution in [1.29, 1.82) is 0 Å². The molecule has 1 fully saturated rings. The molecule has 12 heteroatoms. The standard InChI is InChI=1S/C25H27ClF3N7O/c1-14-20(12-33-35(14)2)22(30)13-36(31)23-9-16(3-6-21(23)26)24(37)34-19-8-15(11-32-18-4-5-18)7-17(10-19)25(27,28)29/h3,6-10,12-13,18,32H,4-5,11,30-31H2,1-2H3,(H,34,37)/b22-13-. The highest BCUT2D eigenvalue weighted by atomic mass is 35.5. The van der Waals surface area contributed by atoms with Gasteiger partial charge in [0.15, 0.2) is 0 Å². The van der Waals surface area contributed by atoms with Gasteiger partial charge >= 0.3 is 6.18 Å². The van der Waals surface area contributed by atoms with E-state index in [9.17, 15) is 18.0 Å². The van der Waals surface area contributed by atoms with Gasteiger partial charge in [-0.05, 0) is 61.7 Å². The molecule has 1 aliphatic rings. The number of hydrazine groups is 1. The van der Waals surface area contributed by atoms with Crippen LogP contribution in [-0.4, -0.2) is 21.7 Å². The Morgan fingerprint density at radius 2 is 2.00 bits per heavy atom. The zero-order chi connectivity index (χ0) is 26.9. The number of carbonyl (C=O) groups is 1. The summed E-state index contributed by atoms with van der Waals surface area (Å²) in [6.45, 7) is 2.12. The summed E-state index contributed by atoms with van der Waals surface area (Å²) in [6, 6.07) is 8.19. The zero-order valence-electron chi connectivity index (χ0n) is 20.2. The fraction of sp³-hybridized carbons (Fsp3) is 0.280. The first kappa shape index (κ1) is 26.5. The van der Waals surface area contributed by atoms with Crippen LogP contribution in [-0.2, 0) is 19.8 Å². The van der Waals surface area contributed by atoms with Crippen LogP contribution >= 0.6 is 11.6 Å². The normalized spacial score (nSPS) is 14.1. The molecule has 37 heavy (non-hydrogen) atoms.